The van der Waals surface area contributed by atoms with Crippen LogP contribution in [0, 0.1) is 24.4 Å². The molecule has 0 spiro atoms. The molecule has 100 valence electrons. The van der Waals surface area contributed by atoms with Crippen LogP contribution in [0.4, 0.5) is 13.2 Å². The lowest BCUT2D eigenvalue weighted by Gasteiger charge is -2.10. The monoisotopic (exact) mass is 267 g/mol. The SMILES string of the molecule is Cc1nc(-c2cc(F)c(F)c(F)c2)ncc1[C@H](C)N. The second kappa shape index (κ2) is 4.97. The minimum Gasteiger partial charge on any atom is -0.324 e. The first-order valence-electron chi connectivity index (χ1n) is 5.64. The minimum absolute atomic E-state index is 0.0794. The molecule has 0 aliphatic rings. The second-order valence-electron chi connectivity index (χ2n) is 4.28. The third-order valence-corrected chi connectivity index (χ3v) is 2.75. The van der Waals surface area contributed by atoms with Gasteiger partial charge >= 0.3 is 0 Å². The van der Waals surface area contributed by atoms with E-state index in [-0.39, 0.29) is 17.4 Å². The van der Waals surface area contributed by atoms with E-state index in [0.29, 0.717) is 5.69 Å². The van der Waals surface area contributed by atoms with Gasteiger partial charge in [0.1, 0.15) is 0 Å². The minimum atomic E-state index is -1.51. The van der Waals surface area contributed by atoms with Crippen LogP contribution in [-0.4, -0.2) is 9.97 Å². The number of aryl methyl sites for hydroxylation is 1. The Balaban J connectivity index is 2.51. The molecule has 0 saturated carbocycles. The zero-order valence-corrected chi connectivity index (χ0v) is 10.4. The number of hydrogen-bond donors (Lipinski definition) is 1. The second-order valence-corrected chi connectivity index (χ2v) is 4.28. The van der Waals surface area contributed by atoms with Gasteiger partial charge in [0.2, 0.25) is 0 Å². The summed E-state index contributed by atoms with van der Waals surface area (Å²) in [5.41, 5.74) is 7.16. The van der Waals surface area contributed by atoms with E-state index in [9.17, 15) is 13.2 Å². The molecule has 1 aromatic carbocycles. The van der Waals surface area contributed by atoms with Crippen molar-refractivity contribution >= 4 is 0 Å². The van der Waals surface area contributed by atoms with Crippen molar-refractivity contribution in [1.29, 1.82) is 0 Å². The van der Waals surface area contributed by atoms with Crippen LogP contribution in [0.2, 0.25) is 0 Å². The summed E-state index contributed by atoms with van der Waals surface area (Å²) in [6.07, 6.45) is 1.50. The highest BCUT2D eigenvalue weighted by Crippen LogP contribution is 2.22. The van der Waals surface area contributed by atoms with Crippen LogP contribution < -0.4 is 5.73 Å². The number of benzene rings is 1. The van der Waals surface area contributed by atoms with E-state index < -0.39 is 17.5 Å². The van der Waals surface area contributed by atoms with Crippen LogP contribution in [0.15, 0.2) is 18.3 Å². The summed E-state index contributed by atoms with van der Waals surface area (Å²) in [4.78, 5) is 8.13. The molecule has 0 amide bonds. The quantitative estimate of drug-likeness (QED) is 0.851. The molecule has 2 rings (SSSR count). The van der Waals surface area contributed by atoms with Gasteiger partial charge in [0.05, 0.1) is 0 Å². The molecule has 0 bridgehead atoms. The largest absolute Gasteiger partial charge is 0.324 e. The van der Waals surface area contributed by atoms with Crippen molar-refractivity contribution in [2.75, 3.05) is 0 Å². The summed E-state index contributed by atoms with van der Waals surface area (Å²) in [5.74, 6) is -3.92. The molecule has 0 unspecified atom stereocenters. The molecule has 2 aromatic rings. The van der Waals surface area contributed by atoms with E-state index in [2.05, 4.69) is 9.97 Å². The number of hydrogen-bond acceptors (Lipinski definition) is 3. The molecule has 0 aliphatic carbocycles. The van der Waals surface area contributed by atoms with Crippen molar-refractivity contribution in [2.45, 2.75) is 19.9 Å². The Hall–Kier alpha value is -1.95. The Morgan fingerprint density at radius 3 is 2.21 bits per heavy atom. The van der Waals surface area contributed by atoms with Gasteiger partial charge in [-0.05, 0) is 26.0 Å². The van der Waals surface area contributed by atoms with Gasteiger partial charge in [0.25, 0.3) is 0 Å². The van der Waals surface area contributed by atoms with Gasteiger partial charge in [0, 0.05) is 29.1 Å². The maximum atomic E-state index is 13.1. The van der Waals surface area contributed by atoms with E-state index in [1.165, 1.54) is 6.20 Å². The number of nitrogens with zero attached hydrogens (tertiary/aromatic N) is 2. The maximum Gasteiger partial charge on any atom is 0.194 e. The van der Waals surface area contributed by atoms with Gasteiger partial charge in [-0.2, -0.15) is 0 Å². The van der Waals surface area contributed by atoms with Crippen molar-refractivity contribution in [3.8, 4) is 11.4 Å². The fourth-order valence-electron chi connectivity index (χ4n) is 1.75. The standard InChI is InChI=1S/C13H12F3N3/c1-6(17)9-5-18-13(19-7(9)2)8-3-10(14)12(16)11(15)4-8/h3-6H,17H2,1-2H3/t6-/m0/s1. The van der Waals surface area contributed by atoms with Gasteiger partial charge in [-0.25, -0.2) is 23.1 Å². The van der Waals surface area contributed by atoms with Gasteiger partial charge in [-0.15, -0.1) is 0 Å². The first-order chi connectivity index (χ1) is 8.90. The van der Waals surface area contributed by atoms with E-state index in [4.69, 9.17) is 5.73 Å². The number of nitrogens with two attached hydrogens (primary N) is 1. The molecule has 19 heavy (non-hydrogen) atoms. The van der Waals surface area contributed by atoms with E-state index in [1.807, 2.05) is 0 Å². The van der Waals surface area contributed by atoms with E-state index in [0.717, 1.165) is 17.7 Å². The molecular formula is C13H12F3N3. The Morgan fingerprint density at radius 1 is 1.16 bits per heavy atom. The van der Waals surface area contributed by atoms with E-state index in [1.54, 1.807) is 13.8 Å². The molecular weight excluding hydrogens is 255 g/mol. The Morgan fingerprint density at radius 2 is 1.74 bits per heavy atom. The first-order valence-corrected chi connectivity index (χ1v) is 5.64. The molecule has 2 N–H and O–H groups in total. The average molecular weight is 267 g/mol. The summed E-state index contributed by atoms with van der Waals surface area (Å²) in [7, 11) is 0. The average Bonchev–Trinajstić information content (AvgIpc) is 2.34. The molecule has 0 saturated heterocycles. The zero-order chi connectivity index (χ0) is 14.2. The lowest BCUT2D eigenvalue weighted by atomic mass is 10.1. The molecule has 0 fully saturated rings. The van der Waals surface area contributed by atoms with Gasteiger partial charge in [-0.3, -0.25) is 0 Å². The highest BCUT2D eigenvalue weighted by Gasteiger charge is 2.14. The topological polar surface area (TPSA) is 51.8 Å². The fraction of sp³-hybridized carbons (Fsp3) is 0.231. The Labute approximate surface area is 108 Å². The van der Waals surface area contributed by atoms with Crippen LogP contribution in [0.3, 0.4) is 0 Å². The molecule has 0 aliphatic heterocycles. The molecule has 1 aromatic heterocycles. The van der Waals surface area contributed by atoms with Crippen LogP contribution in [-0.2, 0) is 0 Å². The third-order valence-electron chi connectivity index (χ3n) is 2.75. The normalized spacial score (nSPS) is 12.5. The van der Waals surface area contributed by atoms with Gasteiger partial charge < -0.3 is 5.73 Å². The van der Waals surface area contributed by atoms with Crippen LogP contribution >= 0.6 is 0 Å². The van der Waals surface area contributed by atoms with Crippen LogP contribution in [0.25, 0.3) is 11.4 Å². The zero-order valence-electron chi connectivity index (χ0n) is 10.4. The number of halogens is 3. The predicted octanol–water partition coefficient (Wildman–Crippen LogP) is 2.89. The summed E-state index contributed by atoms with van der Waals surface area (Å²) >= 11 is 0. The maximum absolute atomic E-state index is 13.1. The fourth-order valence-corrected chi connectivity index (χ4v) is 1.75. The van der Waals surface area contributed by atoms with Crippen molar-refractivity contribution in [3.05, 3.63) is 47.0 Å². The highest BCUT2D eigenvalue weighted by atomic mass is 19.2. The Bertz CT molecular complexity index is 604. The van der Waals surface area contributed by atoms with E-state index >= 15 is 0 Å². The van der Waals surface area contributed by atoms with Gasteiger partial charge in [-0.1, -0.05) is 0 Å². The number of aromatic nitrogens is 2. The van der Waals surface area contributed by atoms with Gasteiger partial charge in [0.15, 0.2) is 23.3 Å². The first kappa shape index (κ1) is 13.5. The lowest BCUT2D eigenvalue weighted by Crippen LogP contribution is -2.09. The summed E-state index contributed by atoms with van der Waals surface area (Å²) in [6, 6.07) is 1.48. The molecule has 3 nitrogen and oxygen atoms in total. The molecule has 0 radical (unpaired) electrons. The van der Waals surface area contributed by atoms with Crippen molar-refractivity contribution in [2.24, 2.45) is 5.73 Å². The summed E-state index contributed by atoms with van der Waals surface area (Å²) in [5, 5.41) is 0. The highest BCUT2D eigenvalue weighted by molar-refractivity contribution is 5.55. The predicted molar refractivity (Wildman–Crippen MR) is 64.7 cm³/mol. The third kappa shape index (κ3) is 2.58. The van der Waals surface area contributed by atoms with Crippen molar-refractivity contribution in [1.82, 2.24) is 9.97 Å². The molecule has 1 atom stereocenters. The molecule has 6 heteroatoms. The van der Waals surface area contributed by atoms with Crippen molar-refractivity contribution in [3.63, 3.8) is 0 Å². The van der Waals surface area contributed by atoms with Crippen LogP contribution in [0.5, 0.6) is 0 Å². The smallest absolute Gasteiger partial charge is 0.194 e. The Kier molecular flexibility index (Phi) is 3.53. The lowest BCUT2D eigenvalue weighted by molar-refractivity contribution is 0.447. The van der Waals surface area contributed by atoms with Crippen LogP contribution in [0.1, 0.15) is 24.2 Å². The molecule has 1 heterocycles. The summed E-state index contributed by atoms with van der Waals surface area (Å²) < 4.78 is 39.2. The number of rotatable bonds is 2. The summed E-state index contributed by atoms with van der Waals surface area (Å²) in [6.45, 7) is 3.50. The van der Waals surface area contributed by atoms with Crippen molar-refractivity contribution < 1.29 is 13.2 Å².